The predicted octanol–water partition coefficient (Wildman–Crippen LogP) is 2.06. The van der Waals surface area contributed by atoms with E-state index in [0.717, 1.165) is 17.9 Å². The fourth-order valence-electron chi connectivity index (χ4n) is 4.38. The molecule has 0 aromatic heterocycles. The van der Waals surface area contributed by atoms with E-state index >= 15 is 0 Å². The molecule has 0 spiro atoms. The Hall–Kier alpha value is -0.570. The minimum atomic E-state index is 0.0125. The molecule has 0 N–H and O–H groups in total. The maximum Gasteiger partial charge on any atom is 0.306 e. The van der Waals surface area contributed by atoms with E-state index in [2.05, 4.69) is 4.90 Å². The standard InChI is InChI=1S/C14H23NO2/c1-2-17-14(16)9-10-7-12-11-3-5-15(6-4-11)13(12)8-10/h10-13H,2-9H2,1H3. The van der Waals surface area contributed by atoms with Gasteiger partial charge in [0.15, 0.2) is 0 Å². The van der Waals surface area contributed by atoms with Crippen molar-refractivity contribution in [3.63, 3.8) is 0 Å². The number of esters is 1. The largest absolute Gasteiger partial charge is 0.466 e. The van der Waals surface area contributed by atoms with Crippen molar-refractivity contribution < 1.29 is 9.53 Å². The van der Waals surface area contributed by atoms with Crippen LogP contribution < -0.4 is 0 Å². The summed E-state index contributed by atoms with van der Waals surface area (Å²) < 4.78 is 5.07. The molecule has 3 heterocycles. The first-order chi connectivity index (χ1) is 8.28. The Kier molecular flexibility index (Phi) is 3.12. The lowest BCUT2D eigenvalue weighted by atomic mass is 9.75. The topological polar surface area (TPSA) is 29.5 Å². The Morgan fingerprint density at radius 2 is 2.06 bits per heavy atom. The zero-order chi connectivity index (χ0) is 11.8. The highest BCUT2D eigenvalue weighted by Crippen LogP contribution is 2.48. The zero-order valence-electron chi connectivity index (χ0n) is 10.7. The quantitative estimate of drug-likeness (QED) is 0.704. The van der Waals surface area contributed by atoms with Gasteiger partial charge in [0.1, 0.15) is 0 Å². The van der Waals surface area contributed by atoms with E-state index in [1.54, 1.807) is 0 Å². The Morgan fingerprint density at radius 3 is 2.71 bits per heavy atom. The zero-order valence-corrected chi connectivity index (χ0v) is 10.7. The van der Waals surface area contributed by atoms with Gasteiger partial charge in [-0.3, -0.25) is 4.79 Å². The molecule has 2 bridgehead atoms. The summed E-state index contributed by atoms with van der Waals surface area (Å²) in [6, 6.07) is 0.793. The maximum absolute atomic E-state index is 11.5. The molecular formula is C14H23NO2. The molecule has 0 radical (unpaired) electrons. The first kappa shape index (κ1) is 11.5. The summed E-state index contributed by atoms with van der Waals surface area (Å²) in [4.78, 5) is 14.2. The molecule has 3 unspecified atom stereocenters. The number of nitrogens with zero attached hydrogens (tertiary/aromatic N) is 1. The van der Waals surface area contributed by atoms with Crippen LogP contribution in [0.3, 0.4) is 0 Å². The van der Waals surface area contributed by atoms with Gasteiger partial charge in [0, 0.05) is 12.5 Å². The van der Waals surface area contributed by atoms with Crippen molar-refractivity contribution in [2.75, 3.05) is 19.7 Å². The van der Waals surface area contributed by atoms with Crippen LogP contribution >= 0.6 is 0 Å². The molecule has 0 aromatic carbocycles. The summed E-state index contributed by atoms with van der Waals surface area (Å²) in [5.41, 5.74) is 0. The number of fused-ring (bicyclic) bond motifs is 2. The second-order valence-corrected chi connectivity index (χ2v) is 5.95. The minimum absolute atomic E-state index is 0.0125. The fourth-order valence-corrected chi connectivity index (χ4v) is 4.38. The van der Waals surface area contributed by atoms with Crippen LogP contribution in [0.5, 0.6) is 0 Å². The molecule has 4 aliphatic rings. The third-order valence-electron chi connectivity index (χ3n) is 5.08. The van der Waals surface area contributed by atoms with E-state index in [4.69, 9.17) is 4.74 Å². The van der Waals surface area contributed by atoms with Gasteiger partial charge in [0.2, 0.25) is 0 Å². The number of carbonyl (C=O) groups is 1. The van der Waals surface area contributed by atoms with Gasteiger partial charge in [-0.05, 0) is 63.5 Å². The molecule has 3 heteroatoms. The first-order valence-electron chi connectivity index (χ1n) is 7.17. The minimum Gasteiger partial charge on any atom is -0.466 e. The fraction of sp³-hybridized carbons (Fsp3) is 0.929. The van der Waals surface area contributed by atoms with Crippen LogP contribution in [0, 0.1) is 17.8 Å². The molecule has 1 saturated carbocycles. The van der Waals surface area contributed by atoms with Crippen LogP contribution in [0.15, 0.2) is 0 Å². The van der Waals surface area contributed by atoms with Gasteiger partial charge in [0.05, 0.1) is 6.61 Å². The van der Waals surface area contributed by atoms with E-state index < -0.39 is 0 Å². The van der Waals surface area contributed by atoms with Gasteiger partial charge in [0.25, 0.3) is 0 Å². The van der Waals surface area contributed by atoms with Crippen LogP contribution in [-0.4, -0.2) is 36.6 Å². The third-order valence-corrected chi connectivity index (χ3v) is 5.08. The number of piperidine rings is 3. The summed E-state index contributed by atoms with van der Waals surface area (Å²) in [5, 5.41) is 0. The van der Waals surface area contributed by atoms with Gasteiger partial charge in [-0.2, -0.15) is 0 Å². The number of hydrogen-bond acceptors (Lipinski definition) is 3. The van der Waals surface area contributed by atoms with Gasteiger partial charge >= 0.3 is 5.97 Å². The molecule has 0 aromatic rings. The summed E-state index contributed by atoms with van der Waals surface area (Å²) in [6.07, 6.45) is 5.95. The molecule has 17 heavy (non-hydrogen) atoms. The highest BCUT2D eigenvalue weighted by molar-refractivity contribution is 5.69. The second-order valence-electron chi connectivity index (χ2n) is 5.95. The summed E-state index contributed by atoms with van der Waals surface area (Å²) in [6.45, 7) is 5.02. The molecule has 3 aliphatic heterocycles. The van der Waals surface area contributed by atoms with E-state index in [1.807, 2.05) is 6.92 Å². The number of carbonyl (C=O) groups excluding carboxylic acids is 1. The Bertz CT molecular complexity index is 277. The summed E-state index contributed by atoms with van der Waals surface area (Å²) in [5.74, 6) is 2.44. The number of hydrogen-bond donors (Lipinski definition) is 0. The molecule has 96 valence electrons. The van der Waals surface area contributed by atoms with E-state index in [9.17, 15) is 4.79 Å². The average Bonchev–Trinajstić information content (AvgIpc) is 2.75. The second kappa shape index (κ2) is 4.60. The van der Waals surface area contributed by atoms with Crippen molar-refractivity contribution in [2.45, 2.75) is 45.1 Å². The molecule has 3 saturated heterocycles. The van der Waals surface area contributed by atoms with Crippen molar-refractivity contribution in [1.29, 1.82) is 0 Å². The SMILES string of the molecule is CCOC(=O)CC1CC2C3CCN(CC3)C2C1. The van der Waals surface area contributed by atoms with Crippen molar-refractivity contribution in [2.24, 2.45) is 17.8 Å². The van der Waals surface area contributed by atoms with Crippen LogP contribution in [0.1, 0.15) is 39.0 Å². The van der Waals surface area contributed by atoms with Crippen molar-refractivity contribution in [3.05, 3.63) is 0 Å². The van der Waals surface area contributed by atoms with Crippen molar-refractivity contribution >= 4 is 5.97 Å². The summed E-state index contributed by atoms with van der Waals surface area (Å²) in [7, 11) is 0. The average molecular weight is 237 g/mol. The molecule has 4 rings (SSSR count). The molecule has 4 fully saturated rings. The van der Waals surface area contributed by atoms with Crippen LogP contribution in [-0.2, 0) is 9.53 Å². The predicted molar refractivity (Wildman–Crippen MR) is 65.5 cm³/mol. The molecular weight excluding hydrogens is 214 g/mol. The summed E-state index contributed by atoms with van der Waals surface area (Å²) >= 11 is 0. The van der Waals surface area contributed by atoms with Crippen LogP contribution in [0.2, 0.25) is 0 Å². The Labute approximate surface area is 104 Å². The van der Waals surface area contributed by atoms with E-state index in [1.165, 1.54) is 38.8 Å². The lowest BCUT2D eigenvalue weighted by Crippen LogP contribution is -2.52. The van der Waals surface area contributed by atoms with E-state index in [-0.39, 0.29) is 5.97 Å². The normalized spacial score (nSPS) is 43.5. The molecule has 3 atom stereocenters. The lowest BCUT2D eigenvalue weighted by Gasteiger charge is -2.48. The van der Waals surface area contributed by atoms with Gasteiger partial charge in [-0.1, -0.05) is 0 Å². The molecule has 1 aliphatic carbocycles. The highest BCUT2D eigenvalue weighted by Gasteiger charge is 2.47. The van der Waals surface area contributed by atoms with E-state index in [0.29, 0.717) is 18.9 Å². The van der Waals surface area contributed by atoms with Crippen LogP contribution in [0.4, 0.5) is 0 Å². The molecule has 3 nitrogen and oxygen atoms in total. The maximum atomic E-state index is 11.5. The van der Waals surface area contributed by atoms with Crippen LogP contribution in [0.25, 0.3) is 0 Å². The third kappa shape index (κ3) is 2.10. The lowest BCUT2D eigenvalue weighted by molar-refractivity contribution is -0.144. The Morgan fingerprint density at radius 1 is 1.29 bits per heavy atom. The first-order valence-corrected chi connectivity index (χ1v) is 7.17. The van der Waals surface area contributed by atoms with Crippen molar-refractivity contribution in [1.82, 2.24) is 4.90 Å². The van der Waals surface area contributed by atoms with Gasteiger partial charge in [-0.15, -0.1) is 0 Å². The number of ether oxygens (including phenoxy) is 1. The number of rotatable bonds is 3. The molecule has 0 amide bonds. The van der Waals surface area contributed by atoms with Crippen molar-refractivity contribution in [3.8, 4) is 0 Å². The van der Waals surface area contributed by atoms with Gasteiger partial charge < -0.3 is 9.64 Å². The monoisotopic (exact) mass is 237 g/mol. The smallest absolute Gasteiger partial charge is 0.306 e. The Balaban J connectivity index is 1.59. The van der Waals surface area contributed by atoms with Gasteiger partial charge in [-0.25, -0.2) is 0 Å². The highest BCUT2D eigenvalue weighted by atomic mass is 16.5.